The lowest BCUT2D eigenvalue weighted by Crippen LogP contribution is -2.44. The molecule has 100 valence electrons. The molecule has 0 spiro atoms. The van der Waals surface area contributed by atoms with E-state index in [0.717, 1.165) is 31.7 Å². The first kappa shape index (κ1) is 12.0. The minimum atomic E-state index is 0.216. The molecule has 6 heteroatoms. The van der Waals surface area contributed by atoms with E-state index in [1.807, 2.05) is 19.1 Å². The molecule has 0 saturated carbocycles. The van der Waals surface area contributed by atoms with Gasteiger partial charge in [0, 0.05) is 26.2 Å². The first-order valence-corrected chi connectivity index (χ1v) is 6.42. The Morgan fingerprint density at radius 2 is 2.05 bits per heavy atom. The fourth-order valence-electron chi connectivity index (χ4n) is 2.22. The van der Waals surface area contributed by atoms with Gasteiger partial charge in [0.2, 0.25) is 5.95 Å². The normalized spacial score (nSPS) is 15.7. The van der Waals surface area contributed by atoms with Crippen LogP contribution in [-0.2, 0) is 0 Å². The van der Waals surface area contributed by atoms with Gasteiger partial charge in [-0.1, -0.05) is 11.6 Å². The van der Waals surface area contributed by atoms with Gasteiger partial charge in [0.15, 0.2) is 5.82 Å². The number of phenols is 1. The van der Waals surface area contributed by atoms with E-state index in [9.17, 15) is 5.11 Å². The van der Waals surface area contributed by atoms with E-state index in [1.54, 1.807) is 6.07 Å². The third-order valence-electron chi connectivity index (χ3n) is 3.28. The minimum absolute atomic E-state index is 0.216. The van der Waals surface area contributed by atoms with E-state index in [0.29, 0.717) is 17.3 Å². The summed E-state index contributed by atoms with van der Waals surface area (Å²) in [5.74, 6) is 1.51. The lowest BCUT2D eigenvalue weighted by molar-refractivity contribution is 0.477. The number of rotatable bonds is 2. The number of aromatic amines is 1. The number of nitrogens with one attached hydrogen (secondary N) is 2. The number of benzene rings is 1. The van der Waals surface area contributed by atoms with Crippen molar-refractivity contribution in [2.45, 2.75) is 6.92 Å². The molecule has 0 amide bonds. The Labute approximate surface area is 111 Å². The second-order valence-electron chi connectivity index (χ2n) is 4.74. The Balaban J connectivity index is 1.89. The molecule has 1 aliphatic rings. The summed E-state index contributed by atoms with van der Waals surface area (Å²) >= 11 is 0. The summed E-state index contributed by atoms with van der Waals surface area (Å²) < 4.78 is 0. The van der Waals surface area contributed by atoms with Crippen LogP contribution in [0.2, 0.25) is 0 Å². The molecule has 1 saturated heterocycles. The lowest BCUT2D eigenvalue weighted by atomic mass is 10.1. The molecule has 0 aliphatic carbocycles. The molecular formula is C13H17N5O. The quantitative estimate of drug-likeness (QED) is 0.747. The molecule has 19 heavy (non-hydrogen) atoms. The molecule has 1 aliphatic heterocycles. The predicted molar refractivity (Wildman–Crippen MR) is 73.3 cm³/mol. The molecule has 0 atom stereocenters. The fraction of sp³-hybridized carbons (Fsp3) is 0.385. The van der Waals surface area contributed by atoms with E-state index in [1.165, 1.54) is 0 Å². The Kier molecular flexibility index (Phi) is 3.08. The molecule has 0 radical (unpaired) electrons. The van der Waals surface area contributed by atoms with Crippen molar-refractivity contribution in [1.29, 1.82) is 0 Å². The lowest BCUT2D eigenvalue weighted by Gasteiger charge is -2.25. The van der Waals surface area contributed by atoms with Crippen molar-refractivity contribution in [1.82, 2.24) is 20.5 Å². The zero-order chi connectivity index (χ0) is 13.2. The number of aromatic hydroxyl groups is 1. The van der Waals surface area contributed by atoms with Crippen molar-refractivity contribution in [2.24, 2.45) is 0 Å². The van der Waals surface area contributed by atoms with Crippen LogP contribution < -0.4 is 10.2 Å². The average molecular weight is 259 g/mol. The van der Waals surface area contributed by atoms with Crippen molar-refractivity contribution in [3.63, 3.8) is 0 Å². The second kappa shape index (κ2) is 4.89. The molecule has 2 aromatic rings. The molecule has 1 fully saturated rings. The number of H-pyrrole nitrogens is 1. The van der Waals surface area contributed by atoms with Crippen molar-refractivity contribution in [3.8, 4) is 17.1 Å². The third-order valence-corrected chi connectivity index (χ3v) is 3.28. The molecule has 1 aromatic carbocycles. The molecule has 0 bridgehead atoms. The van der Waals surface area contributed by atoms with Crippen LogP contribution in [0.3, 0.4) is 0 Å². The van der Waals surface area contributed by atoms with Crippen LogP contribution in [-0.4, -0.2) is 46.5 Å². The number of anilines is 1. The summed E-state index contributed by atoms with van der Waals surface area (Å²) in [7, 11) is 0. The number of piperazine rings is 1. The average Bonchev–Trinajstić information content (AvgIpc) is 2.92. The van der Waals surface area contributed by atoms with Gasteiger partial charge in [-0.25, -0.2) is 0 Å². The van der Waals surface area contributed by atoms with Crippen LogP contribution in [0.15, 0.2) is 18.2 Å². The summed E-state index contributed by atoms with van der Waals surface area (Å²) in [6.45, 7) is 5.67. The smallest absolute Gasteiger partial charge is 0.245 e. The zero-order valence-electron chi connectivity index (χ0n) is 10.8. The van der Waals surface area contributed by atoms with Crippen molar-refractivity contribution < 1.29 is 5.11 Å². The Morgan fingerprint density at radius 1 is 1.26 bits per heavy atom. The van der Waals surface area contributed by atoms with Crippen LogP contribution in [0.1, 0.15) is 5.56 Å². The molecule has 1 aromatic heterocycles. The maximum absolute atomic E-state index is 9.90. The zero-order valence-corrected chi connectivity index (χ0v) is 10.8. The summed E-state index contributed by atoms with van der Waals surface area (Å²) in [6.07, 6.45) is 0. The van der Waals surface area contributed by atoms with Gasteiger partial charge in [0.25, 0.3) is 0 Å². The molecule has 3 rings (SSSR count). The van der Waals surface area contributed by atoms with Gasteiger partial charge >= 0.3 is 0 Å². The van der Waals surface area contributed by atoms with Gasteiger partial charge in [0.1, 0.15) is 5.75 Å². The largest absolute Gasteiger partial charge is 0.507 e. The topological polar surface area (TPSA) is 77.1 Å². The minimum Gasteiger partial charge on any atom is -0.507 e. The van der Waals surface area contributed by atoms with Gasteiger partial charge in [-0.05, 0) is 19.1 Å². The van der Waals surface area contributed by atoms with Gasteiger partial charge in [0.05, 0.1) is 5.56 Å². The van der Waals surface area contributed by atoms with E-state index < -0.39 is 0 Å². The summed E-state index contributed by atoms with van der Waals surface area (Å²) in [4.78, 5) is 6.61. The van der Waals surface area contributed by atoms with E-state index >= 15 is 0 Å². The predicted octanol–water partition coefficient (Wildman–Crippen LogP) is 0.895. The number of hydrogen-bond acceptors (Lipinski definition) is 5. The van der Waals surface area contributed by atoms with Gasteiger partial charge in [-0.2, -0.15) is 4.98 Å². The Bertz CT molecular complexity index is 574. The Morgan fingerprint density at radius 3 is 2.84 bits per heavy atom. The summed E-state index contributed by atoms with van der Waals surface area (Å²) in [6, 6.07) is 5.45. The maximum Gasteiger partial charge on any atom is 0.245 e. The van der Waals surface area contributed by atoms with Crippen LogP contribution in [0, 0.1) is 6.92 Å². The molecule has 6 nitrogen and oxygen atoms in total. The van der Waals surface area contributed by atoms with E-state index in [4.69, 9.17) is 0 Å². The molecule has 0 unspecified atom stereocenters. The highest BCUT2D eigenvalue weighted by Gasteiger charge is 2.16. The van der Waals surface area contributed by atoms with Crippen LogP contribution in [0.4, 0.5) is 5.95 Å². The molecular weight excluding hydrogens is 242 g/mol. The van der Waals surface area contributed by atoms with Crippen molar-refractivity contribution >= 4 is 5.95 Å². The van der Waals surface area contributed by atoms with E-state index in [-0.39, 0.29) is 5.75 Å². The fourth-order valence-corrected chi connectivity index (χ4v) is 2.22. The highest BCUT2D eigenvalue weighted by molar-refractivity contribution is 5.65. The molecule has 2 heterocycles. The van der Waals surface area contributed by atoms with Crippen LogP contribution in [0.25, 0.3) is 11.4 Å². The van der Waals surface area contributed by atoms with Crippen molar-refractivity contribution in [3.05, 3.63) is 23.8 Å². The first-order valence-electron chi connectivity index (χ1n) is 6.42. The number of aromatic nitrogens is 3. The first-order chi connectivity index (χ1) is 9.24. The van der Waals surface area contributed by atoms with Crippen LogP contribution in [0.5, 0.6) is 5.75 Å². The summed E-state index contributed by atoms with van der Waals surface area (Å²) in [5.41, 5.74) is 1.77. The van der Waals surface area contributed by atoms with Crippen LogP contribution >= 0.6 is 0 Å². The van der Waals surface area contributed by atoms with E-state index in [2.05, 4.69) is 25.4 Å². The standard InChI is InChI=1S/C13H17N5O/c1-9-2-3-11(19)10(8-9)12-15-13(17-16-12)18-6-4-14-5-7-18/h2-3,8,14,19H,4-7H2,1H3,(H,15,16,17). The maximum atomic E-state index is 9.90. The third kappa shape index (κ3) is 2.39. The van der Waals surface area contributed by atoms with Crippen molar-refractivity contribution in [2.75, 3.05) is 31.1 Å². The Hall–Kier alpha value is -2.08. The van der Waals surface area contributed by atoms with Gasteiger partial charge < -0.3 is 15.3 Å². The number of hydrogen-bond donors (Lipinski definition) is 3. The summed E-state index contributed by atoms with van der Waals surface area (Å²) in [5, 5.41) is 20.3. The van der Waals surface area contributed by atoms with Gasteiger partial charge in [-0.3, -0.25) is 5.10 Å². The van der Waals surface area contributed by atoms with Gasteiger partial charge in [-0.15, -0.1) is 5.10 Å². The number of nitrogens with zero attached hydrogens (tertiary/aromatic N) is 3. The number of aryl methyl sites for hydroxylation is 1. The number of phenolic OH excluding ortho intramolecular Hbond substituents is 1. The molecule has 3 N–H and O–H groups in total. The second-order valence-corrected chi connectivity index (χ2v) is 4.74. The highest BCUT2D eigenvalue weighted by atomic mass is 16.3. The SMILES string of the molecule is Cc1ccc(O)c(-c2nc(N3CCNCC3)n[nH]2)c1. The highest BCUT2D eigenvalue weighted by Crippen LogP contribution is 2.28. The monoisotopic (exact) mass is 259 g/mol.